The van der Waals surface area contributed by atoms with Gasteiger partial charge in [0.1, 0.15) is 6.54 Å². The Bertz CT molecular complexity index is 351. The lowest BCUT2D eigenvalue weighted by Crippen LogP contribution is -3.00. The predicted octanol–water partition coefficient (Wildman–Crippen LogP) is 2.99. The van der Waals surface area contributed by atoms with Crippen LogP contribution in [0.4, 0.5) is 0 Å². The summed E-state index contributed by atoms with van der Waals surface area (Å²) in [5.74, 6) is 0. The Balaban J connectivity index is 0.00000441. The highest BCUT2D eigenvalue weighted by atomic mass is 79.9. The Hall–Kier alpha value is -0.370. The first-order valence-corrected chi connectivity index (χ1v) is 9.29. The number of hydrogen-bond donors (Lipinski definition) is 0. The molecule has 0 saturated carbocycles. The minimum Gasteiger partial charge on any atom is -1.00 e. The van der Waals surface area contributed by atoms with Crippen molar-refractivity contribution in [2.24, 2.45) is 0 Å². The van der Waals surface area contributed by atoms with Gasteiger partial charge in [-0.1, -0.05) is 77.2 Å². The summed E-state index contributed by atoms with van der Waals surface area (Å²) in [6.45, 7) is 5.67. The summed E-state index contributed by atoms with van der Waals surface area (Å²) in [5.41, 5.74) is 1.38. The summed E-state index contributed by atoms with van der Waals surface area (Å²) < 4.78 is 2.37. The number of aromatic nitrogens is 1. The monoisotopic (exact) mass is 369 g/mol. The van der Waals surface area contributed by atoms with Gasteiger partial charge in [0, 0.05) is 25.5 Å². The van der Waals surface area contributed by atoms with Gasteiger partial charge in [-0.2, -0.15) is 0 Å². The molecule has 0 aliphatic carbocycles. The molecule has 0 amide bonds. The number of halogens is 1. The maximum Gasteiger partial charge on any atom is 0.178 e. The van der Waals surface area contributed by atoms with Crippen molar-refractivity contribution < 1.29 is 21.5 Å². The van der Waals surface area contributed by atoms with Crippen molar-refractivity contribution in [1.29, 1.82) is 0 Å². The molecular formula is C20H36BrN. The minimum atomic E-state index is 0. The molecule has 1 heterocycles. The maximum atomic E-state index is 2.37. The number of aryl methyl sites for hydroxylation is 2. The molecule has 2 heteroatoms. The van der Waals surface area contributed by atoms with E-state index in [4.69, 9.17) is 0 Å². The number of nitrogens with zero attached hydrogens (tertiary/aromatic N) is 1. The van der Waals surface area contributed by atoms with Gasteiger partial charge in [0.05, 0.1) is 0 Å². The highest BCUT2D eigenvalue weighted by Crippen LogP contribution is 2.11. The predicted molar refractivity (Wildman–Crippen MR) is 92.5 cm³/mol. The van der Waals surface area contributed by atoms with Crippen molar-refractivity contribution in [3.05, 3.63) is 30.1 Å². The van der Waals surface area contributed by atoms with E-state index in [2.05, 4.69) is 42.8 Å². The molecule has 0 radical (unpaired) electrons. The first-order valence-electron chi connectivity index (χ1n) is 9.29. The van der Waals surface area contributed by atoms with E-state index < -0.39 is 0 Å². The normalized spacial score (nSPS) is 10.5. The second kappa shape index (κ2) is 15.5. The molecule has 22 heavy (non-hydrogen) atoms. The van der Waals surface area contributed by atoms with Gasteiger partial charge in [-0.25, -0.2) is 4.57 Å². The van der Waals surface area contributed by atoms with E-state index >= 15 is 0 Å². The average Bonchev–Trinajstić information content (AvgIpc) is 2.50. The molecule has 0 aliphatic heterocycles. The largest absolute Gasteiger partial charge is 1.00 e. The molecule has 0 spiro atoms. The van der Waals surface area contributed by atoms with Crippen LogP contribution in [0.15, 0.2) is 24.4 Å². The molecule has 1 aromatic rings. The van der Waals surface area contributed by atoms with Gasteiger partial charge < -0.3 is 17.0 Å². The molecule has 0 aromatic carbocycles. The van der Waals surface area contributed by atoms with Crippen LogP contribution in [0.5, 0.6) is 0 Å². The highest BCUT2D eigenvalue weighted by molar-refractivity contribution is 4.93. The van der Waals surface area contributed by atoms with Crippen LogP contribution in [0.1, 0.15) is 89.7 Å². The van der Waals surface area contributed by atoms with Crippen LogP contribution in [-0.4, -0.2) is 0 Å². The van der Waals surface area contributed by atoms with Crippen LogP contribution in [0.3, 0.4) is 0 Å². The highest BCUT2D eigenvalue weighted by Gasteiger charge is 2.03. The molecule has 0 fully saturated rings. The summed E-state index contributed by atoms with van der Waals surface area (Å²) in [5, 5.41) is 0. The van der Waals surface area contributed by atoms with E-state index in [-0.39, 0.29) is 17.0 Å². The number of unbranched alkanes of at least 4 members (excludes halogenated alkanes) is 11. The van der Waals surface area contributed by atoms with Gasteiger partial charge in [0.15, 0.2) is 11.9 Å². The Morgan fingerprint density at radius 3 is 1.73 bits per heavy atom. The van der Waals surface area contributed by atoms with Gasteiger partial charge >= 0.3 is 0 Å². The quantitative estimate of drug-likeness (QED) is 0.371. The van der Waals surface area contributed by atoms with Crippen LogP contribution in [0.2, 0.25) is 0 Å². The molecule has 1 nitrogen and oxygen atoms in total. The lowest BCUT2D eigenvalue weighted by atomic mass is 10.1. The van der Waals surface area contributed by atoms with Crippen LogP contribution in [0.25, 0.3) is 0 Å². The molecule has 0 bridgehead atoms. The summed E-state index contributed by atoms with van der Waals surface area (Å²) in [7, 11) is 0. The Morgan fingerprint density at radius 1 is 0.727 bits per heavy atom. The van der Waals surface area contributed by atoms with E-state index in [0.717, 1.165) is 0 Å². The van der Waals surface area contributed by atoms with E-state index in [1.54, 1.807) is 0 Å². The van der Waals surface area contributed by atoms with E-state index in [9.17, 15) is 0 Å². The van der Waals surface area contributed by atoms with Gasteiger partial charge in [-0.3, -0.25) is 0 Å². The van der Waals surface area contributed by atoms with E-state index in [1.807, 2.05) is 0 Å². The zero-order valence-corrected chi connectivity index (χ0v) is 16.4. The van der Waals surface area contributed by atoms with Gasteiger partial charge in [-0.05, 0) is 6.42 Å². The summed E-state index contributed by atoms with van der Waals surface area (Å²) >= 11 is 0. The lowest BCUT2D eigenvalue weighted by molar-refractivity contribution is -0.703. The first-order chi connectivity index (χ1) is 10.3. The smallest absolute Gasteiger partial charge is 0.178 e. The van der Waals surface area contributed by atoms with Gasteiger partial charge in [0.25, 0.3) is 0 Å². The Labute approximate surface area is 149 Å². The third-order valence-electron chi connectivity index (χ3n) is 4.42. The van der Waals surface area contributed by atoms with E-state index in [1.165, 1.54) is 89.3 Å². The van der Waals surface area contributed by atoms with Gasteiger partial charge in [-0.15, -0.1) is 0 Å². The van der Waals surface area contributed by atoms with Crippen molar-refractivity contribution in [2.45, 2.75) is 97.4 Å². The third-order valence-corrected chi connectivity index (χ3v) is 4.42. The molecule has 1 aromatic heterocycles. The van der Waals surface area contributed by atoms with Crippen molar-refractivity contribution in [3.63, 3.8) is 0 Å². The molecule has 0 N–H and O–H groups in total. The van der Waals surface area contributed by atoms with Crippen LogP contribution in [0, 0.1) is 6.92 Å². The number of pyridine rings is 1. The maximum absolute atomic E-state index is 2.37. The van der Waals surface area contributed by atoms with Crippen molar-refractivity contribution >= 4 is 0 Å². The second-order valence-corrected chi connectivity index (χ2v) is 6.42. The zero-order chi connectivity index (χ0) is 15.2. The SMILES string of the molecule is CCCCCCCCCCCCCC[n+]1ccccc1C.[Br-]. The second-order valence-electron chi connectivity index (χ2n) is 6.42. The van der Waals surface area contributed by atoms with Crippen LogP contribution in [-0.2, 0) is 6.54 Å². The molecule has 0 atom stereocenters. The average molecular weight is 370 g/mol. The van der Waals surface area contributed by atoms with Crippen molar-refractivity contribution in [1.82, 2.24) is 0 Å². The number of hydrogen-bond acceptors (Lipinski definition) is 0. The molecule has 128 valence electrons. The van der Waals surface area contributed by atoms with Gasteiger partial charge in [0.2, 0.25) is 0 Å². The zero-order valence-electron chi connectivity index (χ0n) is 14.8. The van der Waals surface area contributed by atoms with Crippen molar-refractivity contribution in [3.8, 4) is 0 Å². The first kappa shape index (κ1) is 21.6. The fraction of sp³-hybridized carbons (Fsp3) is 0.750. The third kappa shape index (κ3) is 11.2. The van der Waals surface area contributed by atoms with Crippen molar-refractivity contribution in [2.75, 3.05) is 0 Å². The molecular weight excluding hydrogens is 334 g/mol. The standard InChI is InChI=1S/C20H36N.BrH/c1-3-4-5-6-7-8-9-10-11-12-13-15-18-21-19-16-14-17-20(21)2;/h14,16-17,19H,3-13,15,18H2,1-2H3;1H/q+1;/p-1. The molecule has 1 rings (SSSR count). The summed E-state index contributed by atoms with van der Waals surface area (Å²) in [6, 6.07) is 6.45. The summed E-state index contributed by atoms with van der Waals surface area (Å²) in [6.07, 6.45) is 19.3. The van der Waals surface area contributed by atoms with E-state index in [0.29, 0.717) is 0 Å². The van der Waals surface area contributed by atoms with Crippen LogP contribution >= 0.6 is 0 Å². The lowest BCUT2D eigenvalue weighted by Gasteiger charge is -2.03. The Kier molecular flexibility index (Phi) is 15.3. The Morgan fingerprint density at radius 2 is 1.23 bits per heavy atom. The fourth-order valence-corrected chi connectivity index (χ4v) is 2.94. The molecule has 0 saturated heterocycles. The molecule has 0 aliphatic rings. The molecule has 0 unspecified atom stereocenters. The fourth-order valence-electron chi connectivity index (χ4n) is 2.94. The topological polar surface area (TPSA) is 3.88 Å². The summed E-state index contributed by atoms with van der Waals surface area (Å²) in [4.78, 5) is 0. The van der Waals surface area contributed by atoms with Crippen LogP contribution < -0.4 is 21.5 Å². The number of rotatable bonds is 13. The minimum absolute atomic E-state index is 0.